The Morgan fingerprint density at radius 3 is 2.33 bits per heavy atom. The number of piperidine rings is 1. The van der Waals surface area contributed by atoms with Gasteiger partial charge in [0.05, 0.1) is 5.41 Å². The third-order valence-electron chi connectivity index (χ3n) is 8.05. The number of carbonyl (C=O) groups excluding carboxylic acids is 1. The van der Waals surface area contributed by atoms with Crippen LogP contribution in [-0.4, -0.2) is 37.0 Å². The molecule has 1 aromatic rings. The topological polar surface area (TPSA) is 23.6 Å². The highest BCUT2D eigenvalue weighted by atomic mass is 16.2. The van der Waals surface area contributed by atoms with Crippen LogP contribution in [0.25, 0.3) is 0 Å². The first-order chi connectivity index (χ1) is 14.5. The van der Waals surface area contributed by atoms with Crippen LogP contribution in [0.15, 0.2) is 18.2 Å². The molecular formula is C27H42N2O. The van der Waals surface area contributed by atoms with Crippen LogP contribution >= 0.6 is 0 Å². The molecule has 0 unspecified atom stereocenters. The molecule has 1 saturated heterocycles. The Labute approximate surface area is 184 Å². The van der Waals surface area contributed by atoms with Gasteiger partial charge in [-0.25, -0.2) is 0 Å². The zero-order valence-electron chi connectivity index (χ0n) is 19.6. The minimum absolute atomic E-state index is 0.271. The second-order valence-electron chi connectivity index (χ2n) is 10.5. The van der Waals surface area contributed by atoms with E-state index in [-0.39, 0.29) is 5.41 Å². The normalized spacial score (nSPS) is 23.1. The first kappa shape index (κ1) is 21.9. The number of fused-ring (bicyclic) bond motifs is 2. The lowest BCUT2D eigenvalue weighted by atomic mass is 9.72. The number of likely N-dealkylation sites (tertiary alicyclic amines) is 1. The predicted octanol–water partition coefficient (Wildman–Crippen LogP) is 6.26. The van der Waals surface area contributed by atoms with E-state index < -0.39 is 0 Å². The third kappa shape index (κ3) is 4.20. The van der Waals surface area contributed by atoms with E-state index in [2.05, 4.69) is 48.8 Å². The Kier molecular flexibility index (Phi) is 6.87. The number of hydrogen-bond acceptors (Lipinski definition) is 2. The van der Waals surface area contributed by atoms with Gasteiger partial charge in [0.15, 0.2) is 0 Å². The zero-order chi connectivity index (χ0) is 21.1. The summed E-state index contributed by atoms with van der Waals surface area (Å²) in [6.07, 6.45) is 12.9. The van der Waals surface area contributed by atoms with Crippen molar-refractivity contribution in [2.24, 2.45) is 5.92 Å². The van der Waals surface area contributed by atoms with E-state index in [1.807, 2.05) is 0 Å². The van der Waals surface area contributed by atoms with Gasteiger partial charge in [-0.05, 0) is 74.2 Å². The Balaban J connectivity index is 1.50. The molecule has 0 N–H and O–H groups in total. The highest BCUT2D eigenvalue weighted by Gasteiger charge is 2.51. The molecule has 4 rings (SSSR count). The Hall–Kier alpha value is -1.35. The number of nitrogens with zero attached hydrogens (tertiary/aromatic N) is 2. The highest BCUT2D eigenvalue weighted by Crippen LogP contribution is 2.49. The molecule has 0 atom stereocenters. The SMILES string of the molecule is CCCN1C(=O)C2(CCN(CC3CCCCCCC3)CC2)c2cc(C(C)C)ccc21. The predicted molar refractivity (Wildman–Crippen MR) is 126 cm³/mol. The molecule has 2 fully saturated rings. The van der Waals surface area contributed by atoms with E-state index in [9.17, 15) is 4.79 Å². The molecular weight excluding hydrogens is 368 g/mol. The fraction of sp³-hybridized carbons (Fsp3) is 0.741. The van der Waals surface area contributed by atoms with Gasteiger partial charge in [0.1, 0.15) is 0 Å². The molecule has 0 bridgehead atoms. The second-order valence-corrected chi connectivity index (χ2v) is 10.5. The van der Waals surface area contributed by atoms with Crippen LogP contribution in [0.5, 0.6) is 0 Å². The van der Waals surface area contributed by atoms with Gasteiger partial charge in [-0.3, -0.25) is 4.79 Å². The van der Waals surface area contributed by atoms with Crippen molar-refractivity contribution in [1.29, 1.82) is 0 Å². The Morgan fingerprint density at radius 1 is 1.03 bits per heavy atom. The van der Waals surface area contributed by atoms with Crippen molar-refractivity contribution in [3.8, 4) is 0 Å². The quantitative estimate of drug-likeness (QED) is 0.572. The van der Waals surface area contributed by atoms with Crippen molar-refractivity contribution >= 4 is 11.6 Å². The number of carbonyl (C=O) groups is 1. The van der Waals surface area contributed by atoms with Crippen LogP contribution in [0.4, 0.5) is 5.69 Å². The Bertz CT molecular complexity index is 724. The molecule has 3 aliphatic rings. The largest absolute Gasteiger partial charge is 0.311 e. The fourth-order valence-corrected chi connectivity index (χ4v) is 6.15. The van der Waals surface area contributed by atoms with Crippen molar-refractivity contribution in [2.75, 3.05) is 31.1 Å². The maximum atomic E-state index is 13.7. The molecule has 166 valence electrons. The van der Waals surface area contributed by atoms with Crippen molar-refractivity contribution < 1.29 is 4.79 Å². The van der Waals surface area contributed by atoms with Gasteiger partial charge in [0, 0.05) is 18.8 Å². The van der Waals surface area contributed by atoms with Gasteiger partial charge in [0.2, 0.25) is 5.91 Å². The van der Waals surface area contributed by atoms with E-state index in [4.69, 9.17) is 0 Å². The average molecular weight is 411 g/mol. The van der Waals surface area contributed by atoms with Crippen LogP contribution in [0.1, 0.15) is 102 Å². The van der Waals surface area contributed by atoms with E-state index in [1.54, 1.807) is 0 Å². The van der Waals surface area contributed by atoms with Crippen LogP contribution < -0.4 is 4.90 Å². The van der Waals surface area contributed by atoms with Crippen molar-refractivity contribution in [3.05, 3.63) is 29.3 Å². The molecule has 1 aromatic carbocycles. The van der Waals surface area contributed by atoms with Gasteiger partial charge in [-0.15, -0.1) is 0 Å². The minimum atomic E-state index is -0.271. The zero-order valence-corrected chi connectivity index (χ0v) is 19.6. The van der Waals surface area contributed by atoms with E-state index in [0.29, 0.717) is 11.8 Å². The summed E-state index contributed by atoms with van der Waals surface area (Å²) in [5, 5.41) is 0. The summed E-state index contributed by atoms with van der Waals surface area (Å²) in [4.78, 5) is 18.5. The summed E-state index contributed by atoms with van der Waals surface area (Å²) < 4.78 is 0. The minimum Gasteiger partial charge on any atom is -0.311 e. The average Bonchev–Trinajstić information content (AvgIpc) is 2.94. The molecule has 1 saturated carbocycles. The lowest BCUT2D eigenvalue weighted by Gasteiger charge is -2.40. The number of amides is 1. The lowest BCUT2D eigenvalue weighted by molar-refractivity contribution is -0.125. The summed E-state index contributed by atoms with van der Waals surface area (Å²) >= 11 is 0. The van der Waals surface area contributed by atoms with E-state index >= 15 is 0 Å². The molecule has 0 aromatic heterocycles. The van der Waals surface area contributed by atoms with Crippen molar-refractivity contribution in [3.63, 3.8) is 0 Å². The standard InChI is InChI=1S/C27H42N2O/c1-4-16-29-25-13-12-23(21(2)3)19-24(25)27(26(29)30)14-17-28(18-15-27)20-22-10-8-6-5-7-9-11-22/h12-13,19,21-22H,4-11,14-18,20H2,1-3H3. The molecule has 2 aliphatic heterocycles. The molecule has 1 aliphatic carbocycles. The molecule has 1 amide bonds. The van der Waals surface area contributed by atoms with Gasteiger partial charge in [-0.1, -0.05) is 65.0 Å². The first-order valence-electron chi connectivity index (χ1n) is 12.7. The second kappa shape index (κ2) is 9.42. The lowest BCUT2D eigenvalue weighted by Crippen LogP contribution is -2.49. The monoisotopic (exact) mass is 410 g/mol. The van der Waals surface area contributed by atoms with Crippen molar-refractivity contribution in [2.45, 2.75) is 96.3 Å². The molecule has 1 spiro atoms. The summed E-state index contributed by atoms with van der Waals surface area (Å²) in [7, 11) is 0. The van der Waals surface area contributed by atoms with Gasteiger partial charge in [-0.2, -0.15) is 0 Å². The molecule has 2 heterocycles. The van der Waals surface area contributed by atoms with E-state index in [1.165, 1.54) is 68.3 Å². The van der Waals surface area contributed by atoms with Crippen LogP contribution in [0.3, 0.4) is 0 Å². The summed E-state index contributed by atoms with van der Waals surface area (Å²) in [5.74, 6) is 1.75. The fourth-order valence-electron chi connectivity index (χ4n) is 6.15. The molecule has 3 nitrogen and oxygen atoms in total. The summed E-state index contributed by atoms with van der Waals surface area (Å²) in [6.45, 7) is 10.9. The molecule has 3 heteroatoms. The number of hydrogen-bond donors (Lipinski definition) is 0. The maximum Gasteiger partial charge on any atom is 0.237 e. The van der Waals surface area contributed by atoms with Crippen molar-refractivity contribution in [1.82, 2.24) is 4.90 Å². The van der Waals surface area contributed by atoms with Gasteiger partial charge >= 0.3 is 0 Å². The Morgan fingerprint density at radius 2 is 1.70 bits per heavy atom. The van der Waals surface area contributed by atoms with Crippen LogP contribution in [0, 0.1) is 5.92 Å². The summed E-state index contributed by atoms with van der Waals surface area (Å²) in [6, 6.07) is 6.84. The number of benzene rings is 1. The van der Waals surface area contributed by atoms with Crippen LogP contribution in [-0.2, 0) is 10.2 Å². The summed E-state index contributed by atoms with van der Waals surface area (Å²) in [5.41, 5.74) is 3.63. The first-order valence-corrected chi connectivity index (χ1v) is 12.7. The maximum absolute atomic E-state index is 13.7. The van der Waals surface area contributed by atoms with E-state index in [0.717, 1.165) is 44.8 Å². The molecule has 0 radical (unpaired) electrons. The number of anilines is 1. The highest BCUT2D eigenvalue weighted by molar-refractivity contribution is 6.08. The van der Waals surface area contributed by atoms with Gasteiger partial charge in [0.25, 0.3) is 0 Å². The molecule has 30 heavy (non-hydrogen) atoms. The smallest absolute Gasteiger partial charge is 0.237 e. The van der Waals surface area contributed by atoms with Crippen LogP contribution in [0.2, 0.25) is 0 Å². The van der Waals surface area contributed by atoms with Gasteiger partial charge < -0.3 is 9.80 Å². The third-order valence-corrected chi connectivity index (χ3v) is 8.05. The number of rotatable bonds is 5.